The number of thioether (sulfide) groups is 1. The van der Waals surface area contributed by atoms with Crippen molar-refractivity contribution in [3.8, 4) is 11.4 Å². The molecule has 0 radical (unpaired) electrons. The van der Waals surface area contributed by atoms with E-state index in [9.17, 15) is 31.5 Å². The lowest BCUT2D eigenvalue weighted by Crippen LogP contribution is -2.24. The smallest absolute Gasteiger partial charge is 0.442 e. The fourth-order valence-corrected chi connectivity index (χ4v) is 5.87. The molecule has 0 bridgehead atoms. The Labute approximate surface area is 288 Å². The molecule has 0 spiro atoms. The van der Waals surface area contributed by atoms with E-state index in [4.69, 9.17) is 32.4 Å². The van der Waals surface area contributed by atoms with Gasteiger partial charge in [-0.3, -0.25) is 4.99 Å². The van der Waals surface area contributed by atoms with E-state index < -0.39 is 46.8 Å². The van der Waals surface area contributed by atoms with Gasteiger partial charge in [-0.15, -0.1) is 16.9 Å². The maximum atomic E-state index is 13.6. The molecule has 0 saturated carbocycles. The summed E-state index contributed by atoms with van der Waals surface area (Å²) >= 11 is 13.4. The van der Waals surface area contributed by atoms with Crippen LogP contribution in [0.5, 0.6) is 5.75 Å². The maximum absolute atomic E-state index is 13.6. The summed E-state index contributed by atoms with van der Waals surface area (Å²) in [6.07, 6.45) is -8.41. The van der Waals surface area contributed by atoms with Crippen molar-refractivity contribution in [3.63, 3.8) is 0 Å². The van der Waals surface area contributed by atoms with Gasteiger partial charge < -0.3 is 13.9 Å². The highest BCUT2D eigenvalue weighted by molar-refractivity contribution is 8.14. The van der Waals surface area contributed by atoms with Crippen LogP contribution in [0.2, 0.25) is 10.0 Å². The van der Waals surface area contributed by atoms with Crippen LogP contribution in [0.1, 0.15) is 93.7 Å². The lowest BCUT2D eigenvalue weighted by Gasteiger charge is -2.22. The van der Waals surface area contributed by atoms with E-state index in [1.165, 1.54) is 6.07 Å². The Bertz CT molecular complexity index is 1730. The molecule has 264 valence electrons. The van der Waals surface area contributed by atoms with Crippen molar-refractivity contribution in [1.29, 1.82) is 0 Å². The normalized spacial score (nSPS) is 13.6. The van der Waals surface area contributed by atoms with Gasteiger partial charge in [-0.1, -0.05) is 57.8 Å². The Kier molecular flexibility index (Phi) is 12.7. The predicted octanol–water partition coefficient (Wildman–Crippen LogP) is 8.73. The van der Waals surface area contributed by atoms with Crippen LogP contribution in [0.4, 0.5) is 22.0 Å². The quantitative estimate of drug-likeness (QED) is 0.167. The van der Waals surface area contributed by atoms with Crippen molar-refractivity contribution < 1.29 is 40.6 Å². The van der Waals surface area contributed by atoms with Gasteiger partial charge in [-0.05, 0) is 37.8 Å². The van der Waals surface area contributed by atoms with Crippen molar-refractivity contribution in [2.75, 3.05) is 19.4 Å². The van der Waals surface area contributed by atoms with Crippen LogP contribution < -0.4 is 10.5 Å². The molecule has 1 aliphatic rings. The number of hydrogen-bond donors (Lipinski definition) is 0. The number of aromatic nitrogens is 3. The molecular formula is C31H35Cl2F5N4O5S. The average molecular weight is 742 g/mol. The molecule has 0 atom stereocenters. The monoisotopic (exact) mass is 740 g/mol. The number of aliphatic imine (C=N–C) groups is 1. The van der Waals surface area contributed by atoms with Crippen molar-refractivity contribution >= 4 is 46.0 Å². The number of esters is 1. The first-order valence-electron chi connectivity index (χ1n) is 14.6. The summed E-state index contributed by atoms with van der Waals surface area (Å²) in [5.74, 6) is -0.708. The highest BCUT2D eigenvalue weighted by Gasteiger charge is 2.42. The zero-order chi connectivity index (χ0) is 36.3. The maximum Gasteiger partial charge on any atom is 0.442 e. The first kappa shape index (κ1) is 39.3. The third-order valence-corrected chi connectivity index (χ3v) is 7.98. The van der Waals surface area contributed by atoms with E-state index in [1.54, 1.807) is 19.9 Å². The molecular weight excluding hydrogens is 706 g/mol. The van der Waals surface area contributed by atoms with Crippen LogP contribution in [0.25, 0.3) is 5.69 Å². The van der Waals surface area contributed by atoms with Crippen molar-refractivity contribution in [3.05, 3.63) is 66.7 Å². The molecule has 0 saturated heterocycles. The first-order chi connectivity index (χ1) is 22.2. The molecule has 17 heteroatoms. The van der Waals surface area contributed by atoms with Gasteiger partial charge in [0.15, 0.2) is 5.69 Å². The number of ether oxygens (including phenoxy) is 2. The summed E-state index contributed by atoms with van der Waals surface area (Å²) in [7, 11) is 0.982. The molecule has 3 aromatic rings. The SMILES string of the molecule is CC(C)Oc1cc(-n2nc(C(C)(C)C)oc2=O)c(Cl)cc1Cl.COC(=O)c1c(C(F)F)nc(C(F)(F)F)c(C2=NCCS2)c1CC(C)C. The summed E-state index contributed by atoms with van der Waals surface area (Å²) in [4.78, 5) is 31.4. The number of pyridine rings is 1. The van der Waals surface area contributed by atoms with E-state index in [2.05, 4.69) is 19.8 Å². The number of benzene rings is 1. The van der Waals surface area contributed by atoms with Crippen LogP contribution in [-0.2, 0) is 22.7 Å². The second kappa shape index (κ2) is 15.6. The van der Waals surface area contributed by atoms with Gasteiger partial charge in [-0.25, -0.2) is 23.4 Å². The highest BCUT2D eigenvalue weighted by atomic mass is 35.5. The van der Waals surface area contributed by atoms with Gasteiger partial charge in [0, 0.05) is 29.3 Å². The van der Waals surface area contributed by atoms with Crippen LogP contribution in [0.3, 0.4) is 0 Å². The highest BCUT2D eigenvalue weighted by Crippen LogP contribution is 2.40. The third kappa shape index (κ3) is 9.29. The van der Waals surface area contributed by atoms with Crippen LogP contribution in [-0.4, -0.2) is 51.3 Å². The first-order valence-corrected chi connectivity index (χ1v) is 16.4. The van der Waals surface area contributed by atoms with Crippen molar-refractivity contribution in [2.45, 2.75) is 79.0 Å². The summed E-state index contributed by atoms with van der Waals surface area (Å²) in [5.41, 5.74) is -3.81. The van der Waals surface area contributed by atoms with E-state index in [0.717, 1.165) is 23.6 Å². The molecule has 0 unspecified atom stereocenters. The summed E-state index contributed by atoms with van der Waals surface area (Å²) < 4.78 is 84.1. The van der Waals surface area contributed by atoms with Gasteiger partial charge in [-0.2, -0.15) is 17.9 Å². The Hall–Kier alpha value is -3.17. The number of methoxy groups -OCH3 is 1. The van der Waals surface area contributed by atoms with Crippen molar-refractivity contribution in [2.24, 2.45) is 10.9 Å². The minimum Gasteiger partial charge on any atom is -0.489 e. The van der Waals surface area contributed by atoms with Gasteiger partial charge in [0.1, 0.15) is 16.5 Å². The lowest BCUT2D eigenvalue weighted by atomic mass is 9.91. The minimum atomic E-state index is -4.97. The van der Waals surface area contributed by atoms with Crippen molar-refractivity contribution in [1.82, 2.24) is 14.8 Å². The fraction of sp³-hybridized carbons (Fsp3) is 0.516. The Morgan fingerprint density at radius 2 is 1.75 bits per heavy atom. The molecule has 2 aromatic heterocycles. The number of carbonyl (C=O) groups is 1. The summed E-state index contributed by atoms with van der Waals surface area (Å²) in [5, 5.41) is 4.94. The topological polar surface area (TPSA) is 109 Å². The van der Waals surface area contributed by atoms with Gasteiger partial charge >= 0.3 is 17.9 Å². The molecule has 9 nitrogen and oxygen atoms in total. The second-order valence-corrected chi connectivity index (χ2v) is 14.1. The number of halogens is 7. The molecule has 0 amide bonds. The molecule has 48 heavy (non-hydrogen) atoms. The van der Waals surface area contributed by atoms with Crippen LogP contribution >= 0.6 is 35.0 Å². The Balaban J connectivity index is 0.000000264. The van der Waals surface area contributed by atoms with E-state index in [0.29, 0.717) is 34.6 Å². The van der Waals surface area contributed by atoms with E-state index in [-0.39, 0.29) is 39.5 Å². The molecule has 1 aliphatic heterocycles. The summed E-state index contributed by atoms with van der Waals surface area (Å²) in [6, 6.07) is 3.11. The molecule has 3 heterocycles. The van der Waals surface area contributed by atoms with Crippen LogP contribution in [0.15, 0.2) is 26.3 Å². The van der Waals surface area contributed by atoms with Gasteiger partial charge in [0.25, 0.3) is 6.43 Å². The number of rotatable bonds is 8. The average Bonchev–Trinajstić information content (AvgIpc) is 3.63. The van der Waals surface area contributed by atoms with Crippen LogP contribution in [0, 0.1) is 5.92 Å². The predicted molar refractivity (Wildman–Crippen MR) is 175 cm³/mol. The van der Waals surface area contributed by atoms with E-state index in [1.807, 2.05) is 34.6 Å². The number of alkyl halides is 5. The Morgan fingerprint density at radius 1 is 1.10 bits per heavy atom. The minimum absolute atomic E-state index is 0.0231. The van der Waals surface area contributed by atoms with Gasteiger partial charge in [0.05, 0.1) is 34.5 Å². The Morgan fingerprint density at radius 3 is 2.21 bits per heavy atom. The number of carbonyl (C=O) groups excluding carboxylic acids is 1. The number of hydrogen-bond acceptors (Lipinski definition) is 9. The largest absolute Gasteiger partial charge is 0.489 e. The molecule has 1 aromatic carbocycles. The second-order valence-electron chi connectivity index (χ2n) is 12.2. The zero-order valence-corrected chi connectivity index (χ0v) is 29.7. The molecule has 0 aliphatic carbocycles. The third-order valence-electron chi connectivity index (χ3n) is 6.39. The lowest BCUT2D eigenvalue weighted by molar-refractivity contribution is -0.141. The van der Waals surface area contributed by atoms with E-state index >= 15 is 0 Å². The zero-order valence-electron chi connectivity index (χ0n) is 27.4. The standard InChI is InChI=1S/C16H17F5N2O2S.C15H18Cl2N2O3/c1-7(2)6-8-9(15(24)25-3)11(13(17)18)23-12(16(19,20)21)10(8)14-22-4-5-26-14;1-8(2)21-12-7-11(9(16)6-10(12)17)19-14(20)22-13(18-19)15(3,4)5/h7,13H,4-6H2,1-3H3;6-8H,1-5H3. The molecule has 4 rings (SSSR count). The molecule has 0 fully saturated rings. The van der Waals surface area contributed by atoms with Gasteiger partial charge in [0.2, 0.25) is 5.89 Å². The number of nitrogens with zero attached hydrogens (tertiary/aromatic N) is 4. The fourth-order valence-electron chi connectivity index (χ4n) is 4.44. The summed E-state index contributed by atoms with van der Waals surface area (Å²) in [6.45, 7) is 13.2. The molecule has 0 N–H and O–H groups in total.